The number of aromatic amines is 1. The maximum Gasteiger partial charge on any atom is 0.253 e. The van der Waals surface area contributed by atoms with Crippen LogP contribution in [0.2, 0.25) is 0 Å². The van der Waals surface area contributed by atoms with Crippen LogP contribution in [-0.2, 0) is 17.7 Å². The van der Waals surface area contributed by atoms with Crippen molar-refractivity contribution < 1.29 is 9.53 Å². The molecule has 0 aliphatic carbocycles. The van der Waals surface area contributed by atoms with Crippen molar-refractivity contribution in [2.24, 2.45) is 0 Å². The number of nitrogens with one attached hydrogen (secondary N) is 2. The number of amides is 1. The number of aromatic nitrogens is 2. The lowest BCUT2D eigenvalue weighted by molar-refractivity contribution is 0.0952. The van der Waals surface area contributed by atoms with Gasteiger partial charge >= 0.3 is 0 Å². The molecule has 33 heavy (non-hydrogen) atoms. The molecule has 0 atom stereocenters. The molecule has 0 radical (unpaired) electrons. The van der Waals surface area contributed by atoms with Crippen LogP contribution in [-0.4, -0.2) is 41.8 Å². The van der Waals surface area contributed by atoms with E-state index in [1.807, 2.05) is 32.9 Å². The molecule has 1 saturated heterocycles. The molecule has 1 aliphatic rings. The Morgan fingerprint density at radius 3 is 2.58 bits per heavy atom. The average molecular weight is 451 g/mol. The molecule has 0 bridgehead atoms. The quantitative estimate of drug-likeness (QED) is 0.598. The molecule has 0 spiro atoms. The molecule has 1 amide bonds. The van der Waals surface area contributed by atoms with Gasteiger partial charge in [-0.2, -0.15) is 0 Å². The van der Waals surface area contributed by atoms with Crippen molar-refractivity contribution in [3.05, 3.63) is 62.7 Å². The number of morpholine rings is 1. The van der Waals surface area contributed by atoms with Gasteiger partial charge in [-0.05, 0) is 63.4 Å². The Hall–Kier alpha value is -3.06. The molecule has 3 heterocycles. The molecule has 4 rings (SSSR count). The van der Waals surface area contributed by atoms with Crippen molar-refractivity contribution in [2.75, 3.05) is 31.2 Å². The highest BCUT2D eigenvalue weighted by Crippen LogP contribution is 2.32. The van der Waals surface area contributed by atoms with Gasteiger partial charge in [-0.1, -0.05) is 6.92 Å². The number of pyridine rings is 1. The SMILES string of the molecule is CCc1cc(C)[nH]c(=O)c1CNC(=O)c1cc(N2CCOCC2)cc2c1c(C)cn2C(C)C. The lowest BCUT2D eigenvalue weighted by atomic mass is 10.0. The summed E-state index contributed by atoms with van der Waals surface area (Å²) >= 11 is 0. The summed E-state index contributed by atoms with van der Waals surface area (Å²) in [7, 11) is 0. The minimum atomic E-state index is -0.165. The number of H-pyrrole nitrogens is 1. The molecule has 0 saturated carbocycles. The summed E-state index contributed by atoms with van der Waals surface area (Å²) in [6.45, 7) is 13.4. The van der Waals surface area contributed by atoms with E-state index < -0.39 is 0 Å². The second-order valence-corrected chi connectivity index (χ2v) is 9.12. The van der Waals surface area contributed by atoms with Crippen LogP contribution in [0.15, 0.2) is 29.2 Å². The maximum absolute atomic E-state index is 13.5. The predicted molar refractivity (Wildman–Crippen MR) is 132 cm³/mol. The zero-order valence-electron chi connectivity index (χ0n) is 20.2. The molecule has 176 valence electrons. The van der Waals surface area contributed by atoms with Gasteiger partial charge in [0.15, 0.2) is 0 Å². The van der Waals surface area contributed by atoms with Crippen LogP contribution in [0, 0.1) is 13.8 Å². The Balaban J connectivity index is 1.74. The number of carbonyl (C=O) groups is 1. The Bertz CT molecular complexity index is 1230. The lowest BCUT2D eigenvalue weighted by Gasteiger charge is -2.29. The van der Waals surface area contributed by atoms with E-state index in [9.17, 15) is 9.59 Å². The van der Waals surface area contributed by atoms with E-state index in [4.69, 9.17) is 4.74 Å². The van der Waals surface area contributed by atoms with Crippen LogP contribution >= 0.6 is 0 Å². The molecule has 1 fully saturated rings. The van der Waals surface area contributed by atoms with Crippen molar-refractivity contribution in [1.29, 1.82) is 0 Å². The molecular weight excluding hydrogens is 416 g/mol. The largest absolute Gasteiger partial charge is 0.378 e. The lowest BCUT2D eigenvalue weighted by Crippen LogP contribution is -2.36. The second-order valence-electron chi connectivity index (χ2n) is 9.12. The van der Waals surface area contributed by atoms with Crippen LogP contribution in [0.5, 0.6) is 0 Å². The minimum absolute atomic E-state index is 0.137. The van der Waals surface area contributed by atoms with Crippen molar-refractivity contribution in [2.45, 2.75) is 53.6 Å². The highest BCUT2D eigenvalue weighted by Gasteiger charge is 2.21. The van der Waals surface area contributed by atoms with E-state index in [1.54, 1.807) is 0 Å². The van der Waals surface area contributed by atoms with Crippen LogP contribution in [0.1, 0.15) is 59.6 Å². The number of benzene rings is 1. The summed E-state index contributed by atoms with van der Waals surface area (Å²) in [6, 6.07) is 6.42. The number of anilines is 1. The zero-order chi connectivity index (χ0) is 23.7. The monoisotopic (exact) mass is 450 g/mol. The molecule has 3 aromatic rings. The topological polar surface area (TPSA) is 79.4 Å². The number of rotatable bonds is 6. The van der Waals surface area contributed by atoms with Gasteiger partial charge in [-0.25, -0.2) is 0 Å². The first-order chi connectivity index (χ1) is 15.8. The summed E-state index contributed by atoms with van der Waals surface area (Å²) in [5, 5.41) is 3.99. The standard InChI is InChI=1S/C26H34N4O3/c1-6-19-11-18(5)28-26(32)22(19)14-27-25(31)21-12-20(29-7-9-33-10-8-29)13-23-24(21)17(4)15-30(23)16(2)3/h11-13,15-16H,6-10,14H2,1-5H3,(H,27,31)(H,28,32). The van der Waals surface area contributed by atoms with E-state index in [1.165, 1.54) is 0 Å². The first-order valence-electron chi connectivity index (χ1n) is 11.8. The number of aryl methyl sites for hydroxylation is 3. The maximum atomic E-state index is 13.5. The summed E-state index contributed by atoms with van der Waals surface area (Å²) in [6.07, 6.45) is 2.86. The fraction of sp³-hybridized carbons (Fsp3) is 0.462. The van der Waals surface area contributed by atoms with E-state index >= 15 is 0 Å². The zero-order valence-corrected chi connectivity index (χ0v) is 20.2. The van der Waals surface area contributed by atoms with Gasteiger partial charge in [0.25, 0.3) is 11.5 Å². The van der Waals surface area contributed by atoms with Crippen molar-refractivity contribution in [3.63, 3.8) is 0 Å². The fourth-order valence-corrected chi connectivity index (χ4v) is 4.74. The summed E-state index contributed by atoms with van der Waals surface area (Å²) < 4.78 is 7.75. The molecular formula is C26H34N4O3. The van der Waals surface area contributed by atoms with Crippen LogP contribution < -0.4 is 15.8 Å². The molecule has 2 aromatic heterocycles. The third-order valence-corrected chi connectivity index (χ3v) is 6.45. The molecule has 0 unspecified atom stereocenters. The van der Waals surface area contributed by atoms with Crippen molar-refractivity contribution in [1.82, 2.24) is 14.9 Å². The van der Waals surface area contributed by atoms with Crippen molar-refractivity contribution in [3.8, 4) is 0 Å². The number of ether oxygens (including phenoxy) is 1. The minimum Gasteiger partial charge on any atom is -0.378 e. The summed E-state index contributed by atoms with van der Waals surface area (Å²) in [5.41, 5.74) is 6.07. The van der Waals surface area contributed by atoms with Gasteiger partial charge in [-0.15, -0.1) is 0 Å². The van der Waals surface area contributed by atoms with E-state index in [0.717, 1.165) is 52.9 Å². The van der Waals surface area contributed by atoms with Crippen LogP contribution in [0.4, 0.5) is 5.69 Å². The van der Waals surface area contributed by atoms with Gasteiger partial charge in [0.2, 0.25) is 0 Å². The number of hydrogen-bond acceptors (Lipinski definition) is 4. The smallest absolute Gasteiger partial charge is 0.253 e. The normalized spacial score (nSPS) is 14.3. The first-order valence-corrected chi connectivity index (χ1v) is 11.8. The Morgan fingerprint density at radius 2 is 1.91 bits per heavy atom. The average Bonchev–Trinajstić information content (AvgIpc) is 3.14. The second kappa shape index (κ2) is 9.43. The Labute approximate surface area is 194 Å². The van der Waals surface area contributed by atoms with Gasteiger partial charge in [0.05, 0.1) is 24.3 Å². The van der Waals surface area contributed by atoms with Gasteiger partial charge in [-0.3, -0.25) is 9.59 Å². The van der Waals surface area contributed by atoms with E-state index in [2.05, 4.69) is 45.9 Å². The number of hydrogen-bond donors (Lipinski definition) is 2. The summed E-state index contributed by atoms with van der Waals surface area (Å²) in [5.74, 6) is -0.165. The molecule has 7 heteroatoms. The predicted octanol–water partition coefficient (Wildman–Crippen LogP) is 3.86. The fourth-order valence-electron chi connectivity index (χ4n) is 4.74. The summed E-state index contributed by atoms with van der Waals surface area (Å²) in [4.78, 5) is 31.2. The van der Waals surface area contributed by atoms with Gasteiger partial charge in [0, 0.05) is 54.2 Å². The van der Waals surface area contributed by atoms with Crippen LogP contribution in [0.3, 0.4) is 0 Å². The van der Waals surface area contributed by atoms with E-state index in [-0.39, 0.29) is 24.1 Å². The third-order valence-electron chi connectivity index (χ3n) is 6.45. The Morgan fingerprint density at radius 1 is 1.18 bits per heavy atom. The van der Waals surface area contributed by atoms with E-state index in [0.29, 0.717) is 24.3 Å². The third kappa shape index (κ3) is 4.55. The highest BCUT2D eigenvalue weighted by molar-refractivity contribution is 6.09. The number of fused-ring (bicyclic) bond motifs is 1. The first kappa shape index (κ1) is 23.1. The molecule has 2 N–H and O–H groups in total. The molecule has 1 aromatic carbocycles. The van der Waals surface area contributed by atoms with Crippen LogP contribution in [0.25, 0.3) is 10.9 Å². The van der Waals surface area contributed by atoms with Gasteiger partial charge in [0.1, 0.15) is 0 Å². The van der Waals surface area contributed by atoms with Crippen molar-refractivity contribution >= 4 is 22.5 Å². The van der Waals surface area contributed by atoms with Gasteiger partial charge < -0.3 is 24.5 Å². The molecule has 1 aliphatic heterocycles. The Kier molecular flexibility index (Phi) is 6.61. The number of carbonyl (C=O) groups excluding carboxylic acids is 1. The number of nitrogens with zero attached hydrogens (tertiary/aromatic N) is 2. The molecule has 7 nitrogen and oxygen atoms in total. The highest BCUT2D eigenvalue weighted by atomic mass is 16.5.